The molecule has 1 saturated heterocycles. The highest BCUT2D eigenvalue weighted by atomic mass is 16.6. The molecule has 2 fully saturated rings. The molecule has 0 spiro atoms. The van der Waals surface area contributed by atoms with Crippen molar-refractivity contribution in [1.82, 2.24) is 24.3 Å². The average Bonchev–Trinajstić information content (AvgIpc) is 3.60. The van der Waals surface area contributed by atoms with E-state index < -0.39 is 11.7 Å². The predicted molar refractivity (Wildman–Crippen MR) is 159 cm³/mol. The van der Waals surface area contributed by atoms with Crippen molar-refractivity contribution in [1.29, 1.82) is 0 Å². The third-order valence-electron chi connectivity index (χ3n) is 8.19. The average molecular weight is 558 g/mol. The van der Waals surface area contributed by atoms with Crippen LogP contribution in [0.3, 0.4) is 0 Å². The van der Waals surface area contributed by atoms with Crippen molar-refractivity contribution in [2.75, 3.05) is 20.2 Å². The zero-order valence-electron chi connectivity index (χ0n) is 24.5. The van der Waals surface area contributed by atoms with E-state index in [-0.39, 0.29) is 18.1 Å². The first-order valence-corrected chi connectivity index (χ1v) is 14.5. The number of ether oxygens (including phenoxy) is 2. The molecular formula is C32H39N5O4. The van der Waals surface area contributed by atoms with E-state index in [9.17, 15) is 9.59 Å². The first-order chi connectivity index (χ1) is 19.6. The molecule has 0 unspecified atom stereocenters. The van der Waals surface area contributed by atoms with Crippen molar-refractivity contribution < 1.29 is 19.1 Å². The summed E-state index contributed by atoms with van der Waals surface area (Å²) in [6.07, 6.45) is 4.32. The molecule has 1 aliphatic carbocycles. The minimum absolute atomic E-state index is 0.0603. The van der Waals surface area contributed by atoms with E-state index in [4.69, 9.17) is 14.5 Å². The molecule has 216 valence electrons. The van der Waals surface area contributed by atoms with Crippen LogP contribution in [0.4, 0.5) is 4.79 Å². The Hall–Kier alpha value is -3.85. The van der Waals surface area contributed by atoms with Crippen molar-refractivity contribution in [3.05, 3.63) is 54.2 Å². The molecule has 4 heterocycles. The predicted octanol–water partition coefficient (Wildman–Crippen LogP) is 5.36. The normalized spacial score (nSPS) is 19.6. The molecule has 2 amide bonds. The topological polar surface area (TPSA) is 90.6 Å². The molecule has 6 rings (SSSR count). The van der Waals surface area contributed by atoms with Crippen molar-refractivity contribution in [2.45, 2.75) is 64.3 Å². The summed E-state index contributed by atoms with van der Waals surface area (Å²) in [6, 6.07) is 14.0. The third kappa shape index (κ3) is 5.55. The molecule has 9 heteroatoms. The van der Waals surface area contributed by atoms with Gasteiger partial charge in [0.2, 0.25) is 0 Å². The summed E-state index contributed by atoms with van der Waals surface area (Å²) >= 11 is 0. The largest absolute Gasteiger partial charge is 0.444 e. The highest BCUT2D eigenvalue weighted by molar-refractivity contribution is 5.99. The Labute approximate surface area is 240 Å². The number of carbonyl (C=O) groups is 2. The van der Waals surface area contributed by atoms with Crippen molar-refractivity contribution in [3.8, 4) is 11.4 Å². The fraction of sp³-hybridized carbons (Fsp3) is 0.469. The summed E-state index contributed by atoms with van der Waals surface area (Å²) in [6.45, 7) is 7.35. The van der Waals surface area contributed by atoms with Gasteiger partial charge >= 0.3 is 6.09 Å². The molecule has 0 bridgehead atoms. The summed E-state index contributed by atoms with van der Waals surface area (Å²) in [5, 5.41) is 5.07. The van der Waals surface area contributed by atoms with E-state index in [1.807, 2.05) is 51.2 Å². The van der Waals surface area contributed by atoms with E-state index in [1.54, 1.807) is 12.0 Å². The number of rotatable bonds is 6. The number of hydrogen-bond donors (Lipinski definition) is 1. The molecule has 1 aliphatic heterocycles. The first kappa shape index (κ1) is 27.3. The lowest BCUT2D eigenvalue weighted by Crippen LogP contribution is -2.57. The quantitative estimate of drug-likeness (QED) is 0.345. The number of alkyl carbamates (subject to hydrolysis) is 1. The van der Waals surface area contributed by atoms with Crippen LogP contribution >= 0.6 is 0 Å². The second-order valence-corrected chi connectivity index (χ2v) is 12.4. The number of carbonyl (C=O) groups excluding carboxylic acids is 2. The van der Waals surface area contributed by atoms with Crippen LogP contribution in [0.1, 0.15) is 50.4 Å². The summed E-state index contributed by atoms with van der Waals surface area (Å²) < 4.78 is 15.6. The van der Waals surface area contributed by atoms with Gasteiger partial charge in [-0.15, -0.1) is 0 Å². The number of likely N-dealkylation sites (tertiary alicyclic amines) is 1. The molecule has 1 saturated carbocycles. The first-order valence-electron chi connectivity index (χ1n) is 14.5. The van der Waals surface area contributed by atoms with Crippen LogP contribution in [-0.4, -0.2) is 69.0 Å². The fourth-order valence-electron chi connectivity index (χ4n) is 5.95. The minimum Gasteiger partial charge on any atom is -0.444 e. The van der Waals surface area contributed by atoms with Gasteiger partial charge in [-0.1, -0.05) is 0 Å². The number of benzene rings is 1. The SMILES string of the molecule is CO[C@@H]1CCN(C(=O)c2ccc3c(c2)cc(-c2cc4cccnc4n2CC2CC2)n3C)C[C@@H]1NC(=O)OC(C)(C)C. The van der Waals surface area contributed by atoms with Gasteiger partial charge in [-0.2, -0.15) is 0 Å². The summed E-state index contributed by atoms with van der Waals surface area (Å²) in [7, 11) is 3.71. The Morgan fingerprint density at radius 3 is 2.56 bits per heavy atom. The lowest BCUT2D eigenvalue weighted by atomic mass is 10.0. The molecule has 4 aromatic rings. The molecule has 2 atom stereocenters. The molecule has 9 nitrogen and oxygen atoms in total. The van der Waals surface area contributed by atoms with Gasteiger partial charge in [0.1, 0.15) is 11.2 Å². The third-order valence-corrected chi connectivity index (χ3v) is 8.19. The Morgan fingerprint density at radius 2 is 1.83 bits per heavy atom. The second kappa shape index (κ2) is 10.5. The number of amides is 2. The maximum Gasteiger partial charge on any atom is 0.408 e. The number of hydrogen-bond acceptors (Lipinski definition) is 5. The van der Waals surface area contributed by atoms with Crippen molar-refractivity contribution in [3.63, 3.8) is 0 Å². The van der Waals surface area contributed by atoms with E-state index in [2.05, 4.69) is 39.7 Å². The van der Waals surface area contributed by atoms with E-state index in [1.165, 1.54) is 12.8 Å². The summed E-state index contributed by atoms with van der Waals surface area (Å²) in [4.78, 5) is 32.6. The van der Waals surface area contributed by atoms with Crippen LogP contribution in [0, 0.1) is 5.92 Å². The molecule has 1 N–H and O–H groups in total. The Bertz CT molecular complexity index is 1610. The number of aromatic nitrogens is 3. The summed E-state index contributed by atoms with van der Waals surface area (Å²) in [5.41, 5.74) is 4.35. The molecule has 3 aromatic heterocycles. The van der Waals surface area contributed by atoms with Gasteiger partial charge < -0.3 is 28.8 Å². The lowest BCUT2D eigenvalue weighted by Gasteiger charge is -2.38. The minimum atomic E-state index is -0.608. The summed E-state index contributed by atoms with van der Waals surface area (Å²) in [5.74, 6) is 0.649. The highest BCUT2D eigenvalue weighted by Gasteiger charge is 2.34. The number of pyridine rings is 1. The van der Waals surface area contributed by atoms with Gasteiger partial charge in [0.25, 0.3) is 5.91 Å². The van der Waals surface area contributed by atoms with Crippen LogP contribution in [0.2, 0.25) is 0 Å². The number of nitrogens with one attached hydrogen (secondary N) is 1. The number of nitrogens with zero attached hydrogens (tertiary/aromatic N) is 4. The Kier molecular flexibility index (Phi) is 7.01. The molecule has 2 aliphatic rings. The van der Waals surface area contributed by atoms with Crippen LogP contribution in [0.15, 0.2) is 48.7 Å². The number of piperidine rings is 1. The van der Waals surface area contributed by atoms with Gasteiger partial charge in [-0.05, 0) is 88.4 Å². The fourth-order valence-corrected chi connectivity index (χ4v) is 5.95. The molecule has 0 radical (unpaired) electrons. The zero-order valence-corrected chi connectivity index (χ0v) is 24.5. The van der Waals surface area contributed by atoms with E-state index in [0.717, 1.165) is 39.9 Å². The smallest absolute Gasteiger partial charge is 0.408 e. The number of aryl methyl sites for hydroxylation is 1. The lowest BCUT2D eigenvalue weighted by molar-refractivity contribution is 0.00320. The van der Waals surface area contributed by atoms with Gasteiger partial charge in [0.15, 0.2) is 0 Å². The maximum absolute atomic E-state index is 13.7. The van der Waals surface area contributed by atoms with Crippen molar-refractivity contribution in [2.24, 2.45) is 13.0 Å². The van der Waals surface area contributed by atoms with E-state index >= 15 is 0 Å². The van der Waals surface area contributed by atoms with Gasteiger partial charge in [-0.3, -0.25) is 4.79 Å². The van der Waals surface area contributed by atoms with Crippen LogP contribution in [-0.2, 0) is 23.1 Å². The van der Waals surface area contributed by atoms with E-state index in [0.29, 0.717) is 31.0 Å². The maximum atomic E-state index is 13.7. The van der Waals surface area contributed by atoms with Gasteiger partial charge in [-0.25, -0.2) is 9.78 Å². The van der Waals surface area contributed by atoms with Crippen LogP contribution in [0.25, 0.3) is 33.3 Å². The molecular weight excluding hydrogens is 518 g/mol. The standard InChI is InChI=1S/C32H39N5O4/c1-32(2,3)41-31(39)34-24-19-36(14-12-28(24)40-5)30(38)22-10-11-25-23(15-22)17-26(35(25)4)27-16-21-7-6-13-33-29(21)37(27)18-20-8-9-20/h6-7,10-11,13,15-17,20,24,28H,8-9,12,14,18-19H2,1-5H3,(H,34,39)/t24-,28+/m0/s1. The Balaban J connectivity index is 1.26. The van der Waals surface area contributed by atoms with Gasteiger partial charge in [0, 0.05) is 61.8 Å². The van der Waals surface area contributed by atoms with Gasteiger partial charge in [0.05, 0.1) is 23.5 Å². The highest BCUT2D eigenvalue weighted by Crippen LogP contribution is 2.37. The second-order valence-electron chi connectivity index (χ2n) is 12.4. The Morgan fingerprint density at radius 1 is 1.05 bits per heavy atom. The van der Waals surface area contributed by atoms with Crippen molar-refractivity contribution >= 4 is 33.9 Å². The molecule has 1 aromatic carbocycles. The molecule has 41 heavy (non-hydrogen) atoms. The monoisotopic (exact) mass is 557 g/mol. The number of methoxy groups -OCH3 is 1. The number of fused-ring (bicyclic) bond motifs is 2. The van der Waals surface area contributed by atoms with Crippen LogP contribution in [0.5, 0.6) is 0 Å². The zero-order chi connectivity index (χ0) is 28.9. The van der Waals surface area contributed by atoms with Crippen LogP contribution < -0.4 is 5.32 Å².